The molecule has 4 heterocycles. The molecule has 1 amide bonds. The summed E-state index contributed by atoms with van der Waals surface area (Å²) in [7, 11) is 0. The Labute approximate surface area is 153 Å². The number of carbonyl (C=O) groups excluding carboxylic acids is 1. The topological polar surface area (TPSA) is 106 Å². The molecule has 0 bridgehead atoms. The fourth-order valence-corrected chi connectivity index (χ4v) is 4.36. The molecule has 2 aliphatic heterocycles. The van der Waals surface area contributed by atoms with Gasteiger partial charge in [0.2, 0.25) is 17.6 Å². The zero-order valence-corrected chi connectivity index (χ0v) is 14.9. The van der Waals surface area contributed by atoms with E-state index >= 15 is 0 Å². The standard InChI is InChI=1S/C17H19N3O5S/c21-14(2-1-13-18-15(19-25-13)11-3-6-26-9-11)20-7-12-8-24-5-4-17(12,10-20)16(22)23/h3,6,9,12H,1-2,4-5,7-8,10H2,(H,22,23)/t12-,17+/m0/s1. The van der Waals surface area contributed by atoms with Crippen molar-refractivity contribution >= 4 is 23.2 Å². The van der Waals surface area contributed by atoms with Crippen molar-refractivity contribution in [2.24, 2.45) is 11.3 Å². The minimum absolute atomic E-state index is 0.0877. The van der Waals surface area contributed by atoms with Crippen molar-refractivity contribution in [3.63, 3.8) is 0 Å². The molecule has 0 unspecified atom stereocenters. The molecule has 2 aromatic heterocycles. The van der Waals surface area contributed by atoms with Crippen molar-refractivity contribution in [1.29, 1.82) is 0 Å². The molecule has 0 spiro atoms. The maximum Gasteiger partial charge on any atom is 0.311 e. The van der Waals surface area contributed by atoms with Crippen molar-refractivity contribution in [2.75, 3.05) is 26.3 Å². The second-order valence-corrected chi connectivity index (χ2v) is 7.56. The predicted octanol–water partition coefficient (Wildman–Crippen LogP) is 1.68. The number of rotatable bonds is 5. The number of ether oxygens (including phenoxy) is 1. The highest BCUT2D eigenvalue weighted by Crippen LogP contribution is 2.42. The Morgan fingerprint density at radius 3 is 3.08 bits per heavy atom. The second kappa shape index (κ2) is 6.81. The molecular weight excluding hydrogens is 358 g/mol. The van der Waals surface area contributed by atoms with Crippen LogP contribution in [0.3, 0.4) is 0 Å². The Hall–Kier alpha value is -2.26. The lowest BCUT2D eigenvalue weighted by Crippen LogP contribution is -2.45. The molecule has 9 heteroatoms. The number of aryl methyl sites for hydroxylation is 1. The summed E-state index contributed by atoms with van der Waals surface area (Å²) in [5.74, 6) is -0.143. The van der Waals surface area contributed by atoms with Gasteiger partial charge < -0.3 is 19.3 Å². The number of hydrogen-bond acceptors (Lipinski definition) is 7. The normalized spacial score (nSPS) is 25.2. The number of likely N-dealkylation sites (tertiary alicyclic amines) is 1. The third-order valence-electron chi connectivity index (χ3n) is 5.29. The molecule has 2 saturated heterocycles. The van der Waals surface area contributed by atoms with Crippen molar-refractivity contribution in [2.45, 2.75) is 19.3 Å². The minimum atomic E-state index is -0.871. The molecule has 0 aliphatic carbocycles. The van der Waals surface area contributed by atoms with Gasteiger partial charge in [-0.05, 0) is 17.9 Å². The lowest BCUT2D eigenvalue weighted by Gasteiger charge is -2.33. The molecule has 0 saturated carbocycles. The maximum absolute atomic E-state index is 12.6. The van der Waals surface area contributed by atoms with Crippen LogP contribution in [-0.4, -0.2) is 58.3 Å². The minimum Gasteiger partial charge on any atom is -0.481 e. The number of amides is 1. The highest BCUT2D eigenvalue weighted by Gasteiger charge is 2.54. The van der Waals surface area contributed by atoms with E-state index in [0.29, 0.717) is 44.3 Å². The van der Waals surface area contributed by atoms with Crippen LogP contribution in [0.15, 0.2) is 21.3 Å². The monoisotopic (exact) mass is 377 g/mol. The Kier molecular flexibility index (Phi) is 4.49. The first-order chi connectivity index (χ1) is 12.6. The van der Waals surface area contributed by atoms with Crippen molar-refractivity contribution in [1.82, 2.24) is 15.0 Å². The number of hydrogen-bond donors (Lipinski definition) is 1. The van der Waals surface area contributed by atoms with Crippen LogP contribution in [-0.2, 0) is 20.7 Å². The van der Waals surface area contributed by atoms with Gasteiger partial charge in [0.15, 0.2) is 0 Å². The van der Waals surface area contributed by atoms with E-state index in [0.717, 1.165) is 5.56 Å². The summed E-state index contributed by atoms with van der Waals surface area (Å²) < 4.78 is 10.6. The van der Waals surface area contributed by atoms with Gasteiger partial charge in [-0.2, -0.15) is 16.3 Å². The average Bonchev–Trinajstić information content (AvgIpc) is 3.38. The van der Waals surface area contributed by atoms with Crippen LogP contribution in [0.5, 0.6) is 0 Å². The smallest absolute Gasteiger partial charge is 0.311 e. The Morgan fingerprint density at radius 2 is 2.35 bits per heavy atom. The highest BCUT2D eigenvalue weighted by atomic mass is 32.1. The predicted molar refractivity (Wildman–Crippen MR) is 91.5 cm³/mol. The van der Waals surface area contributed by atoms with Gasteiger partial charge in [0, 0.05) is 49.4 Å². The molecule has 26 heavy (non-hydrogen) atoms. The van der Waals surface area contributed by atoms with Gasteiger partial charge in [0.25, 0.3) is 0 Å². The Morgan fingerprint density at radius 1 is 1.46 bits per heavy atom. The largest absolute Gasteiger partial charge is 0.481 e. The van der Waals surface area contributed by atoms with Gasteiger partial charge in [-0.3, -0.25) is 9.59 Å². The average molecular weight is 377 g/mol. The van der Waals surface area contributed by atoms with E-state index < -0.39 is 11.4 Å². The number of carboxylic acid groups (broad SMARTS) is 1. The van der Waals surface area contributed by atoms with Crippen LogP contribution in [0, 0.1) is 11.3 Å². The maximum atomic E-state index is 12.6. The molecular formula is C17H19N3O5S. The first kappa shape index (κ1) is 17.2. The summed E-state index contributed by atoms with van der Waals surface area (Å²) >= 11 is 1.55. The molecule has 0 aromatic carbocycles. The van der Waals surface area contributed by atoms with E-state index in [1.807, 2.05) is 16.8 Å². The van der Waals surface area contributed by atoms with E-state index in [-0.39, 0.29) is 24.8 Å². The van der Waals surface area contributed by atoms with Crippen LogP contribution >= 0.6 is 11.3 Å². The van der Waals surface area contributed by atoms with E-state index in [4.69, 9.17) is 9.26 Å². The summed E-state index contributed by atoms with van der Waals surface area (Å²) in [5, 5.41) is 17.5. The molecule has 2 aromatic rings. The van der Waals surface area contributed by atoms with Gasteiger partial charge in [0.05, 0.1) is 12.0 Å². The zero-order valence-electron chi connectivity index (χ0n) is 14.1. The number of fused-ring (bicyclic) bond motifs is 1. The SMILES string of the molecule is O=C(CCc1nc(-c2ccsc2)no1)N1C[C@H]2COCC[C@@]2(C(=O)O)C1. The molecule has 8 nitrogen and oxygen atoms in total. The van der Waals surface area contributed by atoms with Gasteiger partial charge in [-0.1, -0.05) is 5.16 Å². The van der Waals surface area contributed by atoms with Gasteiger partial charge >= 0.3 is 5.97 Å². The van der Waals surface area contributed by atoms with Crippen LogP contribution in [0.4, 0.5) is 0 Å². The Bertz CT molecular complexity index is 805. The fourth-order valence-electron chi connectivity index (χ4n) is 3.73. The summed E-state index contributed by atoms with van der Waals surface area (Å²) in [6, 6.07) is 1.91. The quantitative estimate of drug-likeness (QED) is 0.845. The first-order valence-electron chi connectivity index (χ1n) is 8.52. The van der Waals surface area contributed by atoms with Crippen molar-refractivity contribution in [3.8, 4) is 11.4 Å². The summed E-state index contributed by atoms with van der Waals surface area (Å²) in [6.45, 7) is 1.50. The molecule has 2 fully saturated rings. The molecule has 0 radical (unpaired) electrons. The van der Waals surface area contributed by atoms with Gasteiger partial charge in [-0.15, -0.1) is 0 Å². The Balaban J connectivity index is 1.38. The van der Waals surface area contributed by atoms with Gasteiger partial charge in [0.1, 0.15) is 0 Å². The molecule has 4 rings (SSSR count). The van der Waals surface area contributed by atoms with Crippen LogP contribution < -0.4 is 0 Å². The lowest BCUT2D eigenvalue weighted by molar-refractivity contribution is -0.157. The summed E-state index contributed by atoms with van der Waals surface area (Å²) in [6.07, 6.45) is 1.01. The van der Waals surface area contributed by atoms with E-state index in [1.165, 1.54) is 0 Å². The molecule has 2 atom stereocenters. The van der Waals surface area contributed by atoms with E-state index in [2.05, 4.69) is 10.1 Å². The number of thiophene rings is 1. The van der Waals surface area contributed by atoms with Crippen molar-refractivity contribution in [3.05, 3.63) is 22.7 Å². The highest BCUT2D eigenvalue weighted by molar-refractivity contribution is 7.08. The number of aliphatic carboxylic acids is 1. The van der Waals surface area contributed by atoms with Crippen LogP contribution in [0.25, 0.3) is 11.4 Å². The molecule has 1 N–H and O–H groups in total. The zero-order chi connectivity index (χ0) is 18.1. The summed E-state index contributed by atoms with van der Waals surface area (Å²) in [4.78, 5) is 30.3. The van der Waals surface area contributed by atoms with Gasteiger partial charge in [-0.25, -0.2) is 0 Å². The molecule has 2 aliphatic rings. The third kappa shape index (κ3) is 3.01. The first-order valence-corrected chi connectivity index (χ1v) is 9.47. The van der Waals surface area contributed by atoms with Crippen LogP contribution in [0.1, 0.15) is 18.7 Å². The molecule has 138 valence electrons. The number of aromatic nitrogens is 2. The van der Waals surface area contributed by atoms with Crippen molar-refractivity contribution < 1.29 is 24.0 Å². The van der Waals surface area contributed by atoms with Crippen LogP contribution in [0.2, 0.25) is 0 Å². The number of carboxylic acids is 1. The number of nitrogens with zero attached hydrogens (tertiary/aromatic N) is 3. The second-order valence-electron chi connectivity index (χ2n) is 6.78. The van der Waals surface area contributed by atoms with E-state index in [9.17, 15) is 14.7 Å². The third-order valence-corrected chi connectivity index (χ3v) is 5.97. The lowest BCUT2D eigenvalue weighted by atomic mass is 9.74. The fraction of sp³-hybridized carbons (Fsp3) is 0.529. The summed E-state index contributed by atoms with van der Waals surface area (Å²) in [5.41, 5.74) is 0.0215. The number of carbonyl (C=O) groups is 2. The van der Waals surface area contributed by atoms with E-state index in [1.54, 1.807) is 16.2 Å².